The Hall–Kier alpha value is -2.80. The molecule has 0 saturated heterocycles. The fourth-order valence-corrected chi connectivity index (χ4v) is 2.54. The summed E-state index contributed by atoms with van der Waals surface area (Å²) in [4.78, 5) is 12.7. The van der Waals surface area contributed by atoms with E-state index in [9.17, 15) is 4.79 Å². The van der Waals surface area contributed by atoms with Crippen molar-refractivity contribution in [2.45, 2.75) is 20.8 Å². The van der Waals surface area contributed by atoms with Crippen molar-refractivity contribution in [1.29, 1.82) is 0 Å². The van der Waals surface area contributed by atoms with Gasteiger partial charge in [-0.2, -0.15) is 0 Å². The third-order valence-electron chi connectivity index (χ3n) is 3.66. The minimum atomic E-state index is -0.315. The molecule has 0 atom stereocenters. The molecule has 2 aromatic rings. The Kier molecular flexibility index (Phi) is 9.24. The molecule has 0 aliphatic carbocycles. The van der Waals surface area contributed by atoms with Gasteiger partial charge in [0.25, 0.3) is 5.91 Å². The molecule has 0 aliphatic heterocycles. The van der Waals surface area contributed by atoms with Crippen molar-refractivity contribution in [1.82, 2.24) is 0 Å². The minimum Gasteiger partial charge on any atom is -0.495 e. The van der Waals surface area contributed by atoms with Crippen LogP contribution in [0.5, 0.6) is 23.0 Å². The van der Waals surface area contributed by atoms with Crippen molar-refractivity contribution in [2.24, 2.45) is 0 Å². The van der Waals surface area contributed by atoms with Crippen molar-refractivity contribution in [3.05, 3.63) is 35.9 Å². The van der Waals surface area contributed by atoms with Crippen LogP contribution in [0.4, 0.5) is 11.4 Å². The van der Waals surface area contributed by atoms with Crippen LogP contribution in [-0.4, -0.2) is 32.8 Å². The summed E-state index contributed by atoms with van der Waals surface area (Å²) in [7, 11) is 1.54. The second-order valence-electron chi connectivity index (χ2n) is 5.51. The molecule has 0 saturated carbocycles. The first-order valence-corrected chi connectivity index (χ1v) is 8.85. The summed E-state index contributed by atoms with van der Waals surface area (Å²) in [5, 5.41) is 2.81. The van der Waals surface area contributed by atoms with Crippen LogP contribution in [0.2, 0.25) is 0 Å². The van der Waals surface area contributed by atoms with E-state index in [2.05, 4.69) is 5.32 Å². The Morgan fingerprint density at radius 1 is 0.929 bits per heavy atom. The number of carbonyl (C=O) groups is 1. The zero-order valence-corrected chi connectivity index (χ0v) is 17.4. The van der Waals surface area contributed by atoms with Gasteiger partial charge in [-0.15, -0.1) is 12.4 Å². The van der Waals surface area contributed by atoms with Gasteiger partial charge in [-0.25, -0.2) is 0 Å². The van der Waals surface area contributed by atoms with E-state index in [0.717, 1.165) is 0 Å². The maximum Gasteiger partial charge on any atom is 0.255 e. The Bertz CT molecular complexity index is 771. The quantitative estimate of drug-likeness (QED) is 0.603. The lowest BCUT2D eigenvalue weighted by molar-refractivity contribution is 0.102. The number of hydrogen-bond donors (Lipinski definition) is 2. The molecule has 0 bridgehead atoms. The van der Waals surface area contributed by atoms with E-state index in [1.54, 1.807) is 30.3 Å². The summed E-state index contributed by atoms with van der Waals surface area (Å²) in [6.07, 6.45) is 0. The van der Waals surface area contributed by atoms with Gasteiger partial charge in [-0.3, -0.25) is 4.79 Å². The van der Waals surface area contributed by atoms with Gasteiger partial charge in [0.1, 0.15) is 5.75 Å². The maximum atomic E-state index is 12.7. The predicted octanol–water partition coefficient (Wildman–Crippen LogP) is 4.15. The van der Waals surface area contributed by atoms with Crippen molar-refractivity contribution in [3.63, 3.8) is 0 Å². The number of methoxy groups -OCH3 is 1. The fraction of sp³-hybridized carbons (Fsp3) is 0.350. The van der Waals surface area contributed by atoms with Gasteiger partial charge < -0.3 is 30.0 Å². The number of carbonyl (C=O) groups excluding carboxylic acids is 1. The molecule has 8 heteroatoms. The van der Waals surface area contributed by atoms with E-state index in [-0.39, 0.29) is 18.3 Å². The topological polar surface area (TPSA) is 92.0 Å². The summed E-state index contributed by atoms with van der Waals surface area (Å²) in [6.45, 7) is 6.93. The standard InChI is InChI=1S/C20H26N2O5.ClH/c1-5-25-17-10-13(11-18(26-6-2)19(17)27-7-3)20(23)22-14-8-9-16(24-4)15(21)12-14;/h8-12H,5-7,21H2,1-4H3,(H,22,23);1H. The largest absolute Gasteiger partial charge is 0.495 e. The number of rotatable bonds is 9. The zero-order chi connectivity index (χ0) is 19.8. The van der Waals surface area contributed by atoms with Gasteiger partial charge in [0.15, 0.2) is 11.5 Å². The van der Waals surface area contributed by atoms with Crippen LogP contribution in [0.1, 0.15) is 31.1 Å². The molecular formula is C20H27ClN2O5. The molecule has 28 heavy (non-hydrogen) atoms. The highest BCUT2D eigenvalue weighted by Crippen LogP contribution is 2.39. The second-order valence-corrected chi connectivity index (χ2v) is 5.51. The molecule has 7 nitrogen and oxygen atoms in total. The summed E-state index contributed by atoms with van der Waals surface area (Å²) in [6, 6.07) is 8.33. The molecule has 0 radical (unpaired) electrons. The average molecular weight is 411 g/mol. The van der Waals surface area contributed by atoms with Crippen molar-refractivity contribution < 1.29 is 23.7 Å². The first-order valence-electron chi connectivity index (χ1n) is 8.85. The van der Waals surface area contributed by atoms with Crippen LogP contribution in [0.15, 0.2) is 30.3 Å². The third kappa shape index (κ3) is 5.60. The molecule has 0 fully saturated rings. The number of amides is 1. The smallest absolute Gasteiger partial charge is 0.255 e. The lowest BCUT2D eigenvalue weighted by atomic mass is 10.1. The predicted molar refractivity (Wildman–Crippen MR) is 113 cm³/mol. The molecule has 1 amide bonds. The number of hydrogen-bond acceptors (Lipinski definition) is 6. The van der Waals surface area contributed by atoms with Crippen LogP contribution in [-0.2, 0) is 0 Å². The van der Waals surface area contributed by atoms with E-state index < -0.39 is 0 Å². The molecular weight excluding hydrogens is 384 g/mol. The van der Waals surface area contributed by atoms with Gasteiger partial charge in [0.05, 0.1) is 32.6 Å². The number of nitrogens with one attached hydrogen (secondary N) is 1. The minimum absolute atomic E-state index is 0. The van der Waals surface area contributed by atoms with Crippen molar-refractivity contribution in [3.8, 4) is 23.0 Å². The number of halogens is 1. The summed E-state index contributed by atoms with van der Waals surface area (Å²) in [5.74, 6) is 1.65. The molecule has 0 aliphatic rings. The van der Waals surface area contributed by atoms with Gasteiger partial charge in [0.2, 0.25) is 5.75 Å². The summed E-state index contributed by atoms with van der Waals surface area (Å²) in [5.41, 5.74) is 7.28. The monoisotopic (exact) mass is 410 g/mol. The van der Waals surface area contributed by atoms with Crippen molar-refractivity contribution >= 4 is 29.7 Å². The summed E-state index contributed by atoms with van der Waals surface area (Å²) < 4.78 is 22.1. The highest BCUT2D eigenvalue weighted by molar-refractivity contribution is 6.05. The molecule has 3 N–H and O–H groups in total. The zero-order valence-electron chi connectivity index (χ0n) is 16.5. The maximum absolute atomic E-state index is 12.7. The number of ether oxygens (including phenoxy) is 4. The average Bonchev–Trinajstić information content (AvgIpc) is 2.64. The van der Waals surface area contributed by atoms with Crippen LogP contribution < -0.4 is 30.0 Å². The molecule has 2 aromatic carbocycles. The van der Waals surface area contributed by atoms with Gasteiger partial charge in [-0.05, 0) is 51.1 Å². The molecule has 0 spiro atoms. The van der Waals surface area contributed by atoms with E-state index in [0.29, 0.717) is 59.8 Å². The van der Waals surface area contributed by atoms with E-state index >= 15 is 0 Å². The van der Waals surface area contributed by atoms with Crippen molar-refractivity contribution in [2.75, 3.05) is 38.0 Å². The van der Waals surface area contributed by atoms with E-state index in [1.807, 2.05) is 20.8 Å². The van der Waals surface area contributed by atoms with Gasteiger partial charge >= 0.3 is 0 Å². The first kappa shape index (κ1) is 23.2. The lowest BCUT2D eigenvalue weighted by Crippen LogP contribution is -2.13. The Morgan fingerprint density at radius 2 is 1.50 bits per heavy atom. The fourth-order valence-electron chi connectivity index (χ4n) is 2.54. The van der Waals surface area contributed by atoms with Crippen LogP contribution >= 0.6 is 12.4 Å². The molecule has 0 aromatic heterocycles. The Labute approximate surface area is 171 Å². The van der Waals surface area contributed by atoms with Crippen LogP contribution in [0.3, 0.4) is 0 Å². The first-order chi connectivity index (χ1) is 13.0. The molecule has 154 valence electrons. The molecule has 2 rings (SSSR count). The number of benzene rings is 2. The highest BCUT2D eigenvalue weighted by Gasteiger charge is 2.18. The number of anilines is 2. The number of nitrogen functional groups attached to an aromatic ring is 1. The van der Waals surface area contributed by atoms with E-state index in [1.165, 1.54) is 7.11 Å². The third-order valence-corrected chi connectivity index (χ3v) is 3.66. The Balaban J connectivity index is 0.00000392. The van der Waals surface area contributed by atoms with Gasteiger partial charge in [0, 0.05) is 11.3 Å². The molecule has 0 heterocycles. The van der Waals surface area contributed by atoms with Crippen LogP contribution in [0.25, 0.3) is 0 Å². The number of nitrogens with two attached hydrogens (primary N) is 1. The Morgan fingerprint density at radius 3 is 1.96 bits per heavy atom. The normalized spacial score (nSPS) is 9.86. The van der Waals surface area contributed by atoms with Crippen LogP contribution in [0, 0.1) is 0 Å². The molecule has 0 unspecified atom stereocenters. The summed E-state index contributed by atoms with van der Waals surface area (Å²) >= 11 is 0. The second kappa shape index (κ2) is 11.1. The SMILES string of the molecule is CCOc1cc(C(=O)Nc2ccc(OC)c(N)c2)cc(OCC)c1OCC.Cl. The lowest BCUT2D eigenvalue weighted by Gasteiger charge is -2.17. The highest BCUT2D eigenvalue weighted by atomic mass is 35.5. The van der Waals surface area contributed by atoms with Gasteiger partial charge in [-0.1, -0.05) is 0 Å². The van der Waals surface area contributed by atoms with E-state index in [4.69, 9.17) is 24.7 Å².